The van der Waals surface area contributed by atoms with Crippen molar-refractivity contribution < 1.29 is 0 Å². The minimum Gasteiger partial charge on any atom is -0.256 e. The van der Waals surface area contributed by atoms with E-state index in [-0.39, 0.29) is 0 Å². The Balaban J connectivity index is 3.17. The highest BCUT2D eigenvalue weighted by Gasteiger charge is 1.95. The lowest BCUT2D eigenvalue weighted by Crippen LogP contribution is -1.85. The topological polar surface area (TPSA) is 25.8 Å². The second kappa shape index (κ2) is 2.62. The van der Waals surface area contributed by atoms with Crippen LogP contribution in [0.1, 0.15) is 5.69 Å². The second-order valence-electron chi connectivity index (χ2n) is 1.57. The normalized spacial score (nSPS) is 9.67. The van der Waals surface area contributed by atoms with Crippen LogP contribution in [0.4, 0.5) is 0 Å². The second-order valence-corrected chi connectivity index (χ2v) is 2.71. The van der Waals surface area contributed by atoms with E-state index in [1.54, 1.807) is 0 Å². The molecule has 1 aromatic heterocycles. The van der Waals surface area contributed by atoms with Crippen LogP contribution < -0.4 is 0 Å². The summed E-state index contributed by atoms with van der Waals surface area (Å²) in [6, 6.07) is 0. The number of rotatable bonds is 0. The molecule has 0 amide bonds. The van der Waals surface area contributed by atoms with Crippen LogP contribution >= 0.6 is 27.5 Å². The van der Waals surface area contributed by atoms with Crippen molar-refractivity contribution in [3.8, 4) is 0 Å². The average molecular weight is 207 g/mol. The molecule has 0 radical (unpaired) electrons. The first-order valence-electron chi connectivity index (χ1n) is 2.35. The van der Waals surface area contributed by atoms with Gasteiger partial charge < -0.3 is 0 Å². The van der Waals surface area contributed by atoms with Crippen molar-refractivity contribution in [3.05, 3.63) is 21.6 Å². The van der Waals surface area contributed by atoms with Gasteiger partial charge in [0.2, 0.25) is 0 Å². The highest BCUT2D eigenvalue weighted by atomic mass is 79.9. The van der Waals surface area contributed by atoms with E-state index in [1.807, 2.05) is 6.92 Å². The lowest BCUT2D eigenvalue weighted by molar-refractivity contribution is 1.08. The van der Waals surface area contributed by atoms with E-state index < -0.39 is 0 Å². The number of aromatic nitrogens is 2. The van der Waals surface area contributed by atoms with Gasteiger partial charge in [-0.2, -0.15) is 0 Å². The predicted molar refractivity (Wildman–Crippen MR) is 39.5 cm³/mol. The molecule has 0 unspecified atom stereocenters. The van der Waals surface area contributed by atoms with Gasteiger partial charge in [-0.05, 0) is 22.9 Å². The predicted octanol–water partition coefficient (Wildman–Crippen LogP) is 2.20. The fourth-order valence-corrected chi connectivity index (χ4v) is 0.936. The highest BCUT2D eigenvalue weighted by molar-refractivity contribution is 9.10. The fourth-order valence-electron chi connectivity index (χ4n) is 0.407. The fraction of sp³-hybridized carbons (Fsp3) is 0.200. The molecule has 0 atom stereocenters. The van der Waals surface area contributed by atoms with E-state index in [2.05, 4.69) is 25.9 Å². The quantitative estimate of drug-likeness (QED) is 0.652. The molecular formula is C5H4BrClN2. The van der Waals surface area contributed by atoms with Crippen molar-refractivity contribution in [2.45, 2.75) is 6.92 Å². The first-order valence-corrected chi connectivity index (χ1v) is 3.52. The summed E-state index contributed by atoms with van der Waals surface area (Å²) in [6.07, 6.45) is 1.52. The Labute approximate surface area is 66.4 Å². The third kappa shape index (κ3) is 1.63. The van der Waals surface area contributed by atoms with E-state index in [4.69, 9.17) is 11.6 Å². The molecule has 2 nitrogen and oxygen atoms in total. The molecule has 0 saturated carbocycles. The molecule has 0 aliphatic carbocycles. The Morgan fingerprint density at radius 3 is 2.78 bits per heavy atom. The van der Waals surface area contributed by atoms with Gasteiger partial charge in [0.1, 0.15) is 9.76 Å². The standard InChI is InChI=1S/C5H4BrClN2/c1-3-5(6)9-4(7)2-8-3/h2H,1H3. The average Bonchev–Trinajstić information content (AvgIpc) is 1.80. The summed E-state index contributed by atoms with van der Waals surface area (Å²) in [7, 11) is 0. The first-order chi connectivity index (χ1) is 4.20. The Kier molecular flexibility index (Phi) is 2.03. The summed E-state index contributed by atoms with van der Waals surface area (Å²) in [5, 5.41) is 0.410. The van der Waals surface area contributed by atoms with Gasteiger partial charge in [0.15, 0.2) is 0 Å². The molecule has 0 aromatic carbocycles. The van der Waals surface area contributed by atoms with Crippen molar-refractivity contribution in [2.24, 2.45) is 0 Å². The molecule has 1 aromatic rings. The Morgan fingerprint density at radius 1 is 1.67 bits per heavy atom. The smallest absolute Gasteiger partial charge is 0.148 e. The maximum absolute atomic E-state index is 5.51. The van der Waals surface area contributed by atoms with Crippen molar-refractivity contribution >= 4 is 27.5 Å². The van der Waals surface area contributed by atoms with E-state index in [0.717, 1.165) is 5.69 Å². The Morgan fingerprint density at radius 2 is 2.33 bits per heavy atom. The summed E-state index contributed by atoms with van der Waals surface area (Å²) >= 11 is 8.70. The SMILES string of the molecule is Cc1ncc(Cl)nc1Br. The zero-order valence-electron chi connectivity index (χ0n) is 4.73. The van der Waals surface area contributed by atoms with Crippen molar-refractivity contribution in [3.63, 3.8) is 0 Å². The van der Waals surface area contributed by atoms with Crippen molar-refractivity contribution in [1.29, 1.82) is 0 Å². The molecule has 1 heterocycles. The van der Waals surface area contributed by atoms with Crippen molar-refractivity contribution in [2.75, 3.05) is 0 Å². The number of hydrogen-bond donors (Lipinski definition) is 0. The molecule has 0 bridgehead atoms. The Bertz CT molecular complexity index is 226. The van der Waals surface area contributed by atoms with Crippen LogP contribution in [-0.2, 0) is 0 Å². The van der Waals surface area contributed by atoms with Gasteiger partial charge in [0.25, 0.3) is 0 Å². The summed E-state index contributed by atoms with van der Waals surface area (Å²) in [6.45, 7) is 1.85. The van der Waals surface area contributed by atoms with E-state index in [1.165, 1.54) is 6.20 Å². The molecule has 0 aliphatic heterocycles. The van der Waals surface area contributed by atoms with Crippen LogP contribution in [0.25, 0.3) is 0 Å². The Hall–Kier alpha value is -0.150. The molecule has 0 aliphatic rings. The van der Waals surface area contributed by atoms with Crippen LogP contribution in [0.5, 0.6) is 0 Å². The van der Waals surface area contributed by atoms with Gasteiger partial charge >= 0.3 is 0 Å². The van der Waals surface area contributed by atoms with Crippen LogP contribution in [0.3, 0.4) is 0 Å². The zero-order valence-corrected chi connectivity index (χ0v) is 7.07. The maximum atomic E-state index is 5.51. The molecule has 0 saturated heterocycles. The van der Waals surface area contributed by atoms with Crippen LogP contribution in [-0.4, -0.2) is 9.97 Å². The van der Waals surface area contributed by atoms with Gasteiger partial charge in [0.05, 0.1) is 11.9 Å². The maximum Gasteiger partial charge on any atom is 0.148 e. The lowest BCUT2D eigenvalue weighted by Gasteiger charge is -1.93. The highest BCUT2D eigenvalue weighted by Crippen LogP contribution is 2.12. The van der Waals surface area contributed by atoms with E-state index in [0.29, 0.717) is 9.76 Å². The minimum absolute atomic E-state index is 0.410. The third-order valence-corrected chi connectivity index (χ3v) is 1.80. The monoisotopic (exact) mass is 206 g/mol. The third-order valence-electron chi connectivity index (χ3n) is 0.868. The molecular weight excluding hydrogens is 203 g/mol. The summed E-state index contributed by atoms with van der Waals surface area (Å²) in [4.78, 5) is 7.83. The van der Waals surface area contributed by atoms with Crippen LogP contribution in [0.2, 0.25) is 5.15 Å². The van der Waals surface area contributed by atoms with Gasteiger partial charge in [-0.3, -0.25) is 4.98 Å². The summed E-state index contributed by atoms with van der Waals surface area (Å²) in [5.74, 6) is 0. The minimum atomic E-state index is 0.410. The largest absolute Gasteiger partial charge is 0.256 e. The van der Waals surface area contributed by atoms with Gasteiger partial charge in [-0.1, -0.05) is 11.6 Å². The molecule has 9 heavy (non-hydrogen) atoms. The molecule has 0 spiro atoms. The van der Waals surface area contributed by atoms with Crippen molar-refractivity contribution in [1.82, 2.24) is 9.97 Å². The van der Waals surface area contributed by atoms with Gasteiger partial charge in [0, 0.05) is 0 Å². The number of halogens is 2. The molecule has 1 rings (SSSR count). The first kappa shape index (κ1) is 6.96. The summed E-state index contributed by atoms with van der Waals surface area (Å²) in [5.41, 5.74) is 0.847. The lowest BCUT2D eigenvalue weighted by atomic mass is 10.5. The molecule has 0 N–H and O–H groups in total. The van der Waals surface area contributed by atoms with E-state index in [9.17, 15) is 0 Å². The zero-order chi connectivity index (χ0) is 6.85. The molecule has 48 valence electrons. The van der Waals surface area contributed by atoms with E-state index >= 15 is 0 Å². The van der Waals surface area contributed by atoms with Gasteiger partial charge in [-0.25, -0.2) is 4.98 Å². The molecule has 0 fully saturated rings. The van der Waals surface area contributed by atoms with Crippen LogP contribution in [0.15, 0.2) is 10.8 Å². The number of nitrogens with zero attached hydrogens (tertiary/aromatic N) is 2. The van der Waals surface area contributed by atoms with Gasteiger partial charge in [-0.15, -0.1) is 0 Å². The van der Waals surface area contributed by atoms with Crippen LogP contribution in [0, 0.1) is 6.92 Å². The number of hydrogen-bond acceptors (Lipinski definition) is 2. The number of aryl methyl sites for hydroxylation is 1. The summed E-state index contributed by atoms with van der Waals surface area (Å²) < 4.78 is 0.704. The molecule has 4 heteroatoms.